The summed E-state index contributed by atoms with van der Waals surface area (Å²) in [5, 5.41) is 12.5. The standard InChI is InChI=1S/C33H27N3O9/c1-20-12-14-21(15-13-20)28(37)34-25-18-16-22(17-19-25)29(38)35-36-30(39)26(44-32(42)23-8-4-2-5-9-23)27(31(40)41)45-33(43)24-10-6-3-7-11-24/h2-19,26-27H,1H3,(H,34,37)(H,35,38)(H,36,39)(H,40,41)/t26-,27+/m0/s1. The van der Waals surface area contributed by atoms with Gasteiger partial charge in [-0.25, -0.2) is 14.4 Å². The maximum atomic E-state index is 13.1. The van der Waals surface area contributed by atoms with Crippen molar-refractivity contribution in [2.45, 2.75) is 19.1 Å². The first-order chi connectivity index (χ1) is 21.6. The van der Waals surface area contributed by atoms with Gasteiger partial charge in [0.1, 0.15) is 0 Å². The van der Waals surface area contributed by atoms with Crippen LogP contribution in [0.5, 0.6) is 0 Å². The second-order valence-corrected chi connectivity index (χ2v) is 9.56. The zero-order valence-electron chi connectivity index (χ0n) is 23.8. The molecule has 45 heavy (non-hydrogen) atoms. The zero-order valence-corrected chi connectivity index (χ0v) is 23.8. The van der Waals surface area contributed by atoms with Crippen molar-refractivity contribution in [3.8, 4) is 0 Å². The molecule has 12 nitrogen and oxygen atoms in total. The summed E-state index contributed by atoms with van der Waals surface area (Å²) in [4.78, 5) is 75.9. The lowest BCUT2D eigenvalue weighted by Crippen LogP contribution is -2.54. The van der Waals surface area contributed by atoms with Gasteiger partial charge in [0, 0.05) is 16.8 Å². The largest absolute Gasteiger partial charge is 0.478 e. The fourth-order valence-electron chi connectivity index (χ4n) is 3.88. The van der Waals surface area contributed by atoms with Gasteiger partial charge in [0.15, 0.2) is 0 Å². The van der Waals surface area contributed by atoms with Gasteiger partial charge in [0.25, 0.3) is 17.7 Å². The van der Waals surface area contributed by atoms with Gasteiger partial charge >= 0.3 is 17.9 Å². The van der Waals surface area contributed by atoms with E-state index < -0.39 is 41.9 Å². The maximum absolute atomic E-state index is 13.1. The Bertz CT molecular complexity index is 1690. The molecule has 0 fully saturated rings. The second-order valence-electron chi connectivity index (χ2n) is 9.56. The highest BCUT2D eigenvalue weighted by Gasteiger charge is 2.41. The molecule has 4 N–H and O–H groups in total. The van der Waals surface area contributed by atoms with E-state index in [4.69, 9.17) is 9.47 Å². The van der Waals surface area contributed by atoms with Crippen LogP contribution in [0, 0.1) is 6.92 Å². The fraction of sp³-hybridized carbons (Fsp3) is 0.0909. The van der Waals surface area contributed by atoms with E-state index in [2.05, 4.69) is 10.7 Å². The summed E-state index contributed by atoms with van der Waals surface area (Å²) in [5.74, 6) is -6.40. The first-order valence-electron chi connectivity index (χ1n) is 13.5. The van der Waals surface area contributed by atoms with Crippen molar-refractivity contribution in [3.05, 3.63) is 137 Å². The number of hydrogen-bond acceptors (Lipinski definition) is 8. The Morgan fingerprint density at radius 3 is 1.53 bits per heavy atom. The lowest BCUT2D eigenvalue weighted by molar-refractivity contribution is -0.159. The van der Waals surface area contributed by atoms with Gasteiger partial charge in [-0.05, 0) is 67.6 Å². The third kappa shape index (κ3) is 8.61. The van der Waals surface area contributed by atoms with Crippen molar-refractivity contribution in [1.29, 1.82) is 0 Å². The number of carbonyl (C=O) groups is 6. The van der Waals surface area contributed by atoms with E-state index in [-0.39, 0.29) is 22.6 Å². The van der Waals surface area contributed by atoms with E-state index in [9.17, 15) is 33.9 Å². The van der Waals surface area contributed by atoms with Crippen molar-refractivity contribution in [2.24, 2.45) is 0 Å². The number of hydrogen-bond donors (Lipinski definition) is 4. The average Bonchev–Trinajstić information content (AvgIpc) is 3.06. The molecule has 228 valence electrons. The van der Waals surface area contributed by atoms with Crippen molar-refractivity contribution < 1.29 is 43.3 Å². The molecule has 0 radical (unpaired) electrons. The molecule has 0 aliphatic rings. The molecular formula is C33H27N3O9. The summed E-state index contributed by atoms with van der Waals surface area (Å²) >= 11 is 0. The number of amides is 3. The summed E-state index contributed by atoms with van der Waals surface area (Å²) < 4.78 is 10.3. The van der Waals surface area contributed by atoms with Crippen molar-refractivity contribution in [3.63, 3.8) is 0 Å². The Morgan fingerprint density at radius 1 is 0.556 bits per heavy atom. The summed E-state index contributed by atoms with van der Waals surface area (Å²) in [6.07, 6.45) is -4.48. The van der Waals surface area contributed by atoms with E-state index in [1.54, 1.807) is 36.4 Å². The maximum Gasteiger partial charge on any atom is 0.349 e. The van der Waals surface area contributed by atoms with Crippen LogP contribution in [0.1, 0.15) is 47.0 Å². The Hall–Kier alpha value is -6.30. The Kier molecular flexibility index (Phi) is 10.4. The molecule has 4 aromatic carbocycles. The number of esters is 2. The zero-order chi connectivity index (χ0) is 32.3. The van der Waals surface area contributed by atoms with Crippen LogP contribution in [0.25, 0.3) is 0 Å². The molecule has 4 rings (SSSR count). The van der Waals surface area contributed by atoms with Crippen LogP contribution < -0.4 is 16.2 Å². The molecule has 4 aromatic rings. The van der Waals surface area contributed by atoms with Crippen LogP contribution in [0.4, 0.5) is 5.69 Å². The van der Waals surface area contributed by atoms with E-state index in [1.807, 2.05) is 12.3 Å². The van der Waals surface area contributed by atoms with E-state index in [0.29, 0.717) is 11.3 Å². The van der Waals surface area contributed by atoms with Crippen molar-refractivity contribution in [1.82, 2.24) is 10.9 Å². The predicted molar refractivity (Wildman–Crippen MR) is 160 cm³/mol. The summed E-state index contributed by atoms with van der Waals surface area (Å²) in [7, 11) is 0. The Morgan fingerprint density at radius 2 is 1.02 bits per heavy atom. The molecule has 2 atom stereocenters. The van der Waals surface area contributed by atoms with Crippen LogP contribution in [0.2, 0.25) is 0 Å². The van der Waals surface area contributed by atoms with Gasteiger partial charge in [-0.15, -0.1) is 0 Å². The van der Waals surface area contributed by atoms with E-state index >= 15 is 0 Å². The molecule has 0 aliphatic carbocycles. The number of carboxylic acid groups (broad SMARTS) is 1. The van der Waals surface area contributed by atoms with Crippen LogP contribution in [0.15, 0.2) is 109 Å². The average molecular weight is 610 g/mol. The number of carbonyl (C=O) groups excluding carboxylic acids is 5. The SMILES string of the molecule is Cc1ccc(C(=O)Nc2ccc(C(=O)NNC(=O)[C@@H](OC(=O)c3ccccc3)[C@@H](OC(=O)c3ccccc3)C(=O)O)cc2)cc1. The van der Waals surface area contributed by atoms with Crippen LogP contribution in [-0.4, -0.2) is 52.9 Å². The lowest BCUT2D eigenvalue weighted by Gasteiger charge is -2.23. The normalized spacial score (nSPS) is 11.7. The van der Waals surface area contributed by atoms with Gasteiger partial charge in [0.05, 0.1) is 11.1 Å². The quantitative estimate of drug-likeness (QED) is 0.155. The monoisotopic (exact) mass is 609 g/mol. The number of carboxylic acids is 1. The van der Waals surface area contributed by atoms with Gasteiger partial charge in [-0.3, -0.25) is 25.2 Å². The number of nitrogens with one attached hydrogen (secondary N) is 3. The van der Waals surface area contributed by atoms with Crippen LogP contribution >= 0.6 is 0 Å². The van der Waals surface area contributed by atoms with Crippen LogP contribution in [-0.2, 0) is 19.1 Å². The van der Waals surface area contributed by atoms with Gasteiger partial charge in [-0.2, -0.15) is 0 Å². The lowest BCUT2D eigenvalue weighted by atomic mass is 10.1. The molecule has 0 saturated heterocycles. The van der Waals surface area contributed by atoms with Gasteiger partial charge in [0.2, 0.25) is 12.2 Å². The van der Waals surface area contributed by atoms with Crippen molar-refractivity contribution in [2.75, 3.05) is 5.32 Å². The first kappa shape index (κ1) is 31.6. The van der Waals surface area contributed by atoms with Crippen LogP contribution in [0.3, 0.4) is 0 Å². The molecule has 0 heterocycles. The number of anilines is 1. The minimum Gasteiger partial charge on any atom is -0.478 e. The molecule has 0 aliphatic heterocycles. The molecular weight excluding hydrogens is 582 g/mol. The van der Waals surface area contributed by atoms with Gasteiger partial charge < -0.3 is 19.9 Å². The molecule has 0 spiro atoms. The van der Waals surface area contributed by atoms with Crippen molar-refractivity contribution >= 4 is 41.3 Å². The second kappa shape index (κ2) is 14.7. The topological polar surface area (TPSA) is 177 Å². The molecule has 0 saturated carbocycles. The molecule has 0 bridgehead atoms. The van der Waals surface area contributed by atoms with Gasteiger partial charge in [-0.1, -0.05) is 54.1 Å². The fourth-order valence-corrected chi connectivity index (χ4v) is 3.88. The Labute approximate surface area is 256 Å². The molecule has 3 amide bonds. The highest BCUT2D eigenvalue weighted by molar-refractivity contribution is 6.05. The number of hydrazine groups is 1. The third-order valence-electron chi connectivity index (χ3n) is 6.28. The minimum absolute atomic E-state index is 0.00702. The first-order valence-corrected chi connectivity index (χ1v) is 13.5. The third-order valence-corrected chi connectivity index (χ3v) is 6.28. The Balaban J connectivity index is 1.45. The number of rotatable bonds is 10. The molecule has 0 unspecified atom stereocenters. The highest BCUT2D eigenvalue weighted by Crippen LogP contribution is 2.15. The number of ether oxygens (including phenoxy) is 2. The smallest absolute Gasteiger partial charge is 0.349 e. The molecule has 12 heteroatoms. The summed E-state index contributed by atoms with van der Waals surface area (Å²) in [6, 6.07) is 27.5. The van der Waals surface area contributed by atoms with E-state index in [1.165, 1.54) is 72.8 Å². The number of benzene rings is 4. The predicted octanol–water partition coefficient (Wildman–Crippen LogP) is 3.54. The summed E-state index contributed by atoms with van der Waals surface area (Å²) in [6.45, 7) is 1.90. The number of aryl methyl sites for hydroxylation is 1. The highest BCUT2D eigenvalue weighted by atomic mass is 16.6. The minimum atomic E-state index is -2.28. The summed E-state index contributed by atoms with van der Waals surface area (Å²) in [5.41, 5.74) is 6.02. The van der Waals surface area contributed by atoms with E-state index in [0.717, 1.165) is 5.56 Å². The molecule has 0 aromatic heterocycles. The number of aliphatic carboxylic acids is 1.